The summed E-state index contributed by atoms with van der Waals surface area (Å²) in [6, 6.07) is 9.67. The molecule has 122 valence electrons. The monoisotopic (exact) mass is 334 g/mol. The molecule has 0 aromatic heterocycles. The van der Waals surface area contributed by atoms with Crippen molar-refractivity contribution < 1.29 is 0 Å². The molecule has 4 atom stereocenters. The fraction of sp³-hybridized carbons (Fsp3) is 0.700. The van der Waals surface area contributed by atoms with E-state index in [-0.39, 0.29) is 15.8 Å². The predicted octanol–water partition coefficient (Wildman–Crippen LogP) is 5.82. The van der Waals surface area contributed by atoms with Gasteiger partial charge in [-0.05, 0) is 71.8 Å². The van der Waals surface area contributed by atoms with Gasteiger partial charge in [0.1, 0.15) is 0 Å². The standard InChI is InChI=1S/C20H32P2/c1-5-17-13-14-18(6-2)22(17)20-10-8-7-9-19(20)21-15(3)11-12-16(21)4/h7-10,15-18H,5-6,11-14H2,1-4H3/t15-,16-,17-,18-/m1/s1. The van der Waals surface area contributed by atoms with Crippen LogP contribution in [0.1, 0.15) is 66.2 Å². The van der Waals surface area contributed by atoms with Crippen LogP contribution in [0.3, 0.4) is 0 Å². The Bertz CT molecular complexity index is 476. The van der Waals surface area contributed by atoms with Crippen molar-refractivity contribution in [3.8, 4) is 0 Å². The Morgan fingerprint density at radius 1 is 0.773 bits per heavy atom. The second-order valence-corrected chi connectivity index (χ2v) is 13.1. The highest BCUT2D eigenvalue weighted by Gasteiger charge is 2.39. The van der Waals surface area contributed by atoms with Crippen LogP contribution in [0.15, 0.2) is 24.3 Å². The van der Waals surface area contributed by atoms with Crippen molar-refractivity contribution in [3.05, 3.63) is 24.3 Å². The van der Waals surface area contributed by atoms with E-state index in [9.17, 15) is 0 Å². The van der Waals surface area contributed by atoms with Crippen molar-refractivity contribution >= 4 is 26.5 Å². The van der Waals surface area contributed by atoms with Crippen LogP contribution in [0.4, 0.5) is 0 Å². The average molecular weight is 334 g/mol. The lowest BCUT2D eigenvalue weighted by Crippen LogP contribution is -2.29. The van der Waals surface area contributed by atoms with Gasteiger partial charge in [0.15, 0.2) is 0 Å². The first-order valence-corrected chi connectivity index (χ1v) is 12.3. The van der Waals surface area contributed by atoms with E-state index >= 15 is 0 Å². The van der Waals surface area contributed by atoms with Gasteiger partial charge >= 0.3 is 0 Å². The van der Waals surface area contributed by atoms with E-state index in [1.54, 1.807) is 5.30 Å². The Morgan fingerprint density at radius 2 is 1.23 bits per heavy atom. The van der Waals surface area contributed by atoms with Gasteiger partial charge in [-0.1, -0.05) is 67.8 Å². The topological polar surface area (TPSA) is 0 Å². The first kappa shape index (κ1) is 16.9. The fourth-order valence-electron chi connectivity index (χ4n) is 4.73. The van der Waals surface area contributed by atoms with Gasteiger partial charge in [-0.25, -0.2) is 0 Å². The molecular formula is C20H32P2. The molecule has 0 N–H and O–H groups in total. The molecule has 2 heterocycles. The normalized spacial score (nSPS) is 33.6. The Labute approximate surface area is 140 Å². The van der Waals surface area contributed by atoms with Crippen molar-refractivity contribution in [2.75, 3.05) is 0 Å². The summed E-state index contributed by atoms with van der Waals surface area (Å²) < 4.78 is 0. The lowest BCUT2D eigenvalue weighted by molar-refractivity contribution is 0.696. The third-order valence-corrected chi connectivity index (χ3v) is 13.3. The minimum Gasteiger partial charge on any atom is -0.0688 e. The van der Waals surface area contributed by atoms with Gasteiger partial charge in [-0.3, -0.25) is 0 Å². The van der Waals surface area contributed by atoms with Crippen LogP contribution in [0.5, 0.6) is 0 Å². The molecule has 0 amide bonds. The van der Waals surface area contributed by atoms with Crippen molar-refractivity contribution in [2.24, 2.45) is 0 Å². The molecular weight excluding hydrogens is 302 g/mol. The van der Waals surface area contributed by atoms with Crippen LogP contribution in [0.25, 0.3) is 0 Å². The Hall–Kier alpha value is 0.0800. The minimum absolute atomic E-state index is 0.0685. The van der Waals surface area contributed by atoms with Crippen LogP contribution in [0, 0.1) is 0 Å². The highest BCUT2D eigenvalue weighted by atomic mass is 31.1. The third-order valence-electron chi connectivity index (χ3n) is 5.95. The van der Waals surface area contributed by atoms with Gasteiger partial charge in [0, 0.05) is 0 Å². The molecule has 0 unspecified atom stereocenters. The fourth-order valence-corrected chi connectivity index (χ4v) is 12.3. The summed E-state index contributed by atoms with van der Waals surface area (Å²) in [6.45, 7) is 9.88. The van der Waals surface area contributed by atoms with Crippen LogP contribution >= 0.6 is 15.8 Å². The molecule has 22 heavy (non-hydrogen) atoms. The van der Waals surface area contributed by atoms with Crippen molar-refractivity contribution in [3.63, 3.8) is 0 Å². The van der Waals surface area contributed by atoms with Crippen LogP contribution in [-0.2, 0) is 0 Å². The lowest BCUT2D eigenvalue weighted by Gasteiger charge is -2.31. The Balaban J connectivity index is 2.00. The highest BCUT2D eigenvalue weighted by Crippen LogP contribution is 2.60. The molecule has 3 rings (SSSR count). The SMILES string of the molecule is CC[C@@H]1CC[C@@H](CC)P1c1ccccc1P1[C@H](C)CC[C@H]1C. The van der Waals surface area contributed by atoms with Gasteiger partial charge in [-0.15, -0.1) is 0 Å². The Morgan fingerprint density at radius 3 is 1.68 bits per heavy atom. The molecule has 1 aromatic carbocycles. The number of hydrogen-bond donors (Lipinski definition) is 0. The van der Waals surface area contributed by atoms with E-state index in [2.05, 4.69) is 52.0 Å². The molecule has 0 spiro atoms. The largest absolute Gasteiger partial charge is 0.0688 e. The third kappa shape index (κ3) is 3.03. The van der Waals surface area contributed by atoms with Gasteiger partial charge in [0.05, 0.1) is 0 Å². The van der Waals surface area contributed by atoms with Crippen LogP contribution < -0.4 is 10.6 Å². The summed E-state index contributed by atoms with van der Waals surface area (Å²) in [5, 5.41) is 3.63. The number of benzene rings is 1. The summed E-state index contributed by atoms with van der Waals surface area (Å²) in [5.41, 5.74) is 3.85. The lowest BCUT2D eigenvalue weighted by atomic mass is 10.1. The first-order valence-electron chi connectivity index (χ1n) is 9.33. The number of hydrogen-bond acceptors (Lipinski definition) is 0. The van der Waals surface area contributed by atoms with E-state index in [0.717, 1.165) is 22.6 Å². The molecule has 2 saturated heterocycles. The first-order chi connectivity index (χ1) is 10.7. The second kappa shape index (κ2) is 7.32. The predicted molar refractivity (Wildman–Crippen MR) is 105 cm³/mol. The molecule has 0 nitrogen and oxygen atoms in total. The van der Waals surface area contributed by atoms with E-state index in [0.29, 0.717) is 0 Å². The molecule has 0 radical (unpaired) electrons. The van der Waals surface area contributed by atoms with Crippen molar-refractivity contribution in [2.45, 2.75) is 88.9 Å². The van der Waals surface area contributed by atoms with Gasteiger partial charge < -0.3 is 0 Å². The summed E-state index contributed by atoms with van der Waals surface area (Å²) in [4.78, 5) is 0. The molecule has 2 heteroatoms. The zero-order chi connectivity index (χ0) is 15.7. The molecule has 0 bridgehead atoms. The van der Waals surface area contributed by atoms with Crippen molar-refractivity contribution in [1.29, 1.82) is 0 Å². The number of rotatable bonds is 4. The zero-order valence-corrected chi connectivity index (χ0v) is 16.5. The molecule has 2 aliphatic rings. The van der Waals surface area contributed by atoms with Crippen LogP contribution in [0.2, 0.25) is 0 Å². The van der Waals surface area contributed by atoms with Gasteiger partial charge in [0.25, 0.3) is 0 Å². The summed E-state index contributed by atoms with van der Waals surface area (Å²) in [5.74, 6) is 0. The maximum Gasteiger partial charge on any atom is -0.0158 e. The molecule has 0 aliphatic carbocycles. The van der Waals surface area contributed by atoms with Gasteiger partial charge in [0.2, 0.25) is 0 Å². The van der Waals surface area contributed by atoms with E-state index < -0.39 is 0 Å². The van der Waals surface area contributed by atoms with Crippen LogP contribution in [-0.4, -0.2) is 22.6 Å². The maximum atomic E-state index is 2.53. The average Bonchev–Trinajstić information content (AvgIpc) is 3.10. The molecule has 2 aliphatic heterocycles. The summed E-state index contributed by atoms with van der Waals surface area (Å²) in [6.07, 6.45) is 8.65. The van der Waals surface area contributed by atoms with E-state index in [1.165, 1.54) is 38.5 Å². The van der Waals surface area contributed by atoms with E-state index in [4.69, 9.17) is 0 Å². The summed E-state index contributed by atoms with van der Waals surface area (Å²) in [7, 11) is 0.142. The molecule has 2 fully saturated rings. The highest BCUT2D eigenvalue weighted by molar-refractivity contribution is 7.73. The van der Waals surface area contributed by atoms with Crippen molar-refractivity contribution in [1.82, 2.24) is 0 Å². The Kier molecular flexibility index (Phi) is 5.63. The minimum atomic E-state index is 0.0685. The zero-order valence-electron chi connectivity index (χ0n) is 14.8. The molecule has 0 saturated carbocycles. The smallest absolute Gasteiger partial charge is 0.0158 e. The van der Waals surface area contributed by atoms with Gasteiger partial charge in [-0.2, -0.15) is 0 Å². The van der Waals surface area contributed by atoms with E-state index in [1.807, 2.05) is 5.30 Å². The quantitative estimate of drug-likeness (QED) is 0.608. The maximum absolute atomic E-state index is 2.53. The summed E-state index contributed by atoms with van der Waals surface area (Å²) >= 11 is 0. The molecule has 1 aromatic rings. The second-order valence-electron chi connectivity index (χ2n) is 7.28.